The summed E-state index contributed by atoms with van der Waals surface area (Å²) in [4.78, 5) is 30.7. The normalized spacial score (nSPS) is 22.4. The molecule has 2 aromatic rings. The van der Waals surface area contributed by atoms with Crippen LogP contribution in [0.4, 0.5) is 0 Å². The smallest absolute Gasteiger partial charge is 0.249 e. The number of nitrogens with zero attached hydrogens (tertiary/aromatic N) is 2. The molecular weight excluding hydrogens is 466 g/mol. The van der Waals surface area contributed by atoms with Gasteiger partial charge in [0.25, 0.3) is 0 Å². The van der Waals surface area contributed by atoms with Crippen LogP contribution in [0.25, 0.3) is 0 Å². The van der Waals surface area contributed by atoms with Gasteiger partial charge < -0.3 is 24.6 Å². The van der Waals surface area contributed by atoms with Crippen LogP contribution in [0.3, 0.4) is 0 Å². The van der Waals surface area contributed by atoms with Crippen molar-refractivity contribution < 1.29 is 19.1 Å². The quantitative estimate of drug-likeness (QED) is 0.559. The second-order valence-corrected chi connectivity index (χ2v) is 10.7. The molecule has 0 radical (unpaired) electrons. The molecule has 0 aliphatic carbocycles. The van der Waals surface area contributed by atoms with Crippen molar-refractivity contribution in [2.45, 2.75) is 57.2 Å². The molecule has 3 aliphatic heterocycles. The van der Waals surface area contributed by atoms with Crippen molar-refractivity contribution in [3.63, 3.8) is 0 Å². The maximum absolute atomic E-state index is 13.4. The van der Waals surface area contributed by atoms with Gasteiger partial charge in [-0.3, -0.25) is 9.59 Å². The van der Waals surface area contributed by atoms with Crippen molar-refractivity contribution >= 4 is 11.8 Å². The van der Waals surface area contributed by atoms with E-state index in [2.05, 4.69) is 22.3 Å². The zero-order valence-corrected chi connectivity index (χ0v) is 21.9. The molecule has 2 atom stereocenters. The first-order valence-corrected chi connectivity index (χ1v) is 13.7. The second-order valence-electron chi connectivity index (χ2n) is 10.7. The lowest BCUT2D eigenvalue weighted by molar-refractivity contribution is -0.139. The van der Waals surface area contributed by atoms with Gasteiger partial charge in [-0.15, -0.1) is 0 Å². The fourth-order valence-electron chi connectivity index (χ4n) is 6.03. The SMILES string of the molecule is COc1ccc(CN2CCC3(CCN(CC[C@H](NC(=O)[C@H]4CCCO4)c4ccccc4)CC3)C2=O)cc1. The number of carbonyl (C=O) groups excluding carboxylic acids is 2. The van der Waals surface area contributed by atoms with Crippen LogP contribution in [0.15, 0.2) is 54.6 Å². The molecule has 1 N–H and O–H groups in total. The van der Waals surface area contributed by atoms with Crippen LogP contribution in [0.2, 0.25) is 0 Å². The molecule has 0 bridgehead atoms. The Kier molecular flexibility index (Phi) is 8.11. The standard InChI is InChI=1S/C30H39N3O4/c1-36-25-11-9-23(10-12-25)22-33-20-16-30(29(33)35)14-18-32(19-15-30)17-13-26(24-6-3-2-4-7-24)31-28(34)27-8-5-21-37-27/h2-4,6-7,9-12,26-27H,5,8,13-22H2,1H3,(H,31,34)/t26-,27+/m0/s1. The highest BCUT2D eigenvalue weighted by molar-refractivity contribution is 5.85. The lowest BCUT2D eigenvalue weighted by Crippen LogP contribution is -2.45. The number of ether oxygens (including phenoxy) is 2. The van der Waals surface area contributed by atoms with E-state index in [4.69, 9.17) is 9.47 Å². The maximum atomic E-state index is 13.4. The van der Waals surface area contributed by atoms with Gasteiger partial charge in [-0.2, -0.15) is 0 Å². The van der Waals surface area contributed by atoms with Gasteiger partial charge in [0, 0.05) is 26.2 Å². The molecule has 0 saturated carbocycles. The van der Waals surface area contributed by atoms with Gasteiger partial charge in [-0.1, -0.05) is 42.5 Å². The Balaban J connectivity index is 1.14. The van der Waals surface area contributed by atoms with Crippen molar-refractivity contribution in [1.82, 2.24) is 15.1 Å². The van der Waals surface area contributed by atoms with Crippen molar-refractivity contribution in [3.05, 3.63) is 65.7 Å². The lowest BCUT2D eigenvalue weighted by Gasteiger charge is -2.38. The molecule has 3 heterocycles. The largest absolute Gasteiger partial charge is 0.497 e. The number of likely N-dealkylation sites (tertiary alicyclic amines) is 2. The van der Waals surface area contributed by atoms with E-state index in [1.165, 1.54) is 0 Å². The lowest BCUT2D eigenvalue weighted by atomic mass is 9.77. The van der Waals surface area contributed by atoms with Gasteiger partial charge in [-0.05, 0) is 74.9 Å². The number of hydrogen-bond donors (Lipinski definition) is 1. The van der Waals surface area contributed by atoms with E-state index in [9.17, 15) is 9.59 Å². The second kappa shape index (κ2) is 11.7. The summed E-state index contributed by atoms with van der Waals surface area (Å²) in [7, 11) is 1.67. The number of amides is 2. The van der Waals surface area contributed by atoms with Crippen LogP contribution in [0.5, 0.6) is 5.75 Å². The monoisotopic (exact) mass is 505 g/mol. The molecular formula is C30H39N3O4. The van der Waals surface area contributed by atoms with E-state index in [0.29, 0.717) is 19.1 Å². The molecule has 198 valence electrons. The molecule has 3 saturated heterocycles. The number of nitrogens with one attached hydrogen (secondary N) is 1. The minimum Gasteiger partial charge on any atom is -0.497 e. The van der Waals surface area contributed by atoms with Crippen LogP contribution in [-0.2, 0) is 20.9 Å². The van der Waals surface area contributed by atoms with E-state index in [1.807, 2.05) is 47.4 Å². The summed E-state index contributed by atoms with van der Waals surface area (Å²) in [6, 6.07) is 18.2. The Hall–Kier alpha value is -2.90. The van der Waals surface area contributed by atoms with E-state index in [0.717, 1.165) is 81.6 Å². The zero-order chi connectivity index (χ0) is 25.7. The molecule has 2 amide bonds. The van der Waals surface area contributed by atoms with Crippen LogP contribution in [0, 0.1) is 5.41 Å². The van der Waals surface area contributed by atoms with Gasteiger partial charge >= 0.3 is 0 Å². The number of hydrogen-bond acceptors (Lipinski definition) is 5. The van der Waals surface area contributed by atoms with Crippen molar-refractivity contribution in [2.24, 2.45) is 5.41 Å². The Morgan fingerprint density at radius 1 is 1.08 bits per heavy atom. The fraction of sp³-hybridized carbons (Fsp3) is 0.533. The summed E-state index contributed by atoms with van der Waals surface area (Å²) >= 11 is 0. The molecule has 0 aromatic heterocycles. The predicted molar refractivity (Wildman–Crippen MR) is 142 cm³/mol. The minimum absolute atomic E-state index is 0.00236. The van der Waals surface area contributed by atoms with E-state index in [1.54, 1.807) is 7.11 Å². The Morgan fingerprint density at radius 3 is 2.49 bits per heavy atom. The first-order valence-electron chi connectivity index (χ1n) is 13.7. The third-order valence-corrected chi connectivity index (χ3v) is 8.42. The summed E-state index contributed by atoms with van der Waals surface area (Å²) in [5.41, 5.74) is 2.05. The van der Waals surface area contributed by atoms with E-state index < -0.39 is 0 Å². The third-order valence-electron chi connectivity index (χ3n) is 8.42. The summed E-state index contributed by atoms with van der Waals surface area (Å²) < 4.78 is 10.9. The number of benzene rings is 2. The summed E-state index contributed by atoms with van der Waals surface area (Å²) in [5, 5.41) is 3.25. The number of carbonyl (C=O) groups is 2. The summed E-state index contributed by atoms with van der Waals surface area (Å²) in [5.74, 6) is 1.15. The third kappa shape index (κ3) is 5.99. The van der Waals surface area contributed by atoms with Crippen molar-refractivity contribution in [1.29, 1.82) is 0 Å². The molecule has 7 nitrogen and oxygen atoms in total. The molecule has 7 heteroatoms. The van der Waals surface area contributed by atoms with E-state index in [-0.39, 0.29) is 23.5 Å². The van der Waals surface area contributed by atoms with Gasteiger partial charge in [0.05, 0.1) is 18.6 Å². The highest BCUT2D eigenvalue weighted by atomic mass is 16.5. The number of rotatable bonds is 9. The highest BCUT2D eigenvalue weighted by Crippen LogP contribution is 2.42. The van der Waals surface area contributed by atoms with Crippen LogP contribution in [0.1, 0.15) is 55.7 Å². The molecule has 3 aliphatic rings. The predicted octanol–water partition coefficient (Wildman–Crippen LogP) is 3.94. The van der Waals surface area contributed by atoms with Crippen molar-refractivity contribution in [2.75, 3.05) is 39.9 Å². The molecule has 5 rings (SSSR count). The van der Waals surface area contributed by atoms with Crippen LogP contribution in [-0.4, -0.2) is 67.6 Å². The summed E-state index contributed by atoms with van der Waals surface area (Å²) in [6.45, 7) is 4.89. The number of methoxy groups -OCH3 is 1. The average Bonchev–Trinajstić information content (AvgIpc) is 3.58. The van der Waals surface area contributed by atoms with Gasteiger partial charge in [0.1, 0.15) is 11.9 Å². The average molecular weight is 506 g/mol. The Labute approximate surface area is 220 Å². The Bertz CT molecular complexity index is 1040. The van der Waals surface area contributed by atoms with Crippen LogP contribution < -0.4 is 10.1 Å². The Morgan fingerprint density at radius 2 is 1.81 bits per heavy atom. The molecule has 37 heavy (non-hydrogen) atoms. The van der Waals surface area contributed by atoms with Gasteiger partial charge in [0.15, 0.2) is 0 Å². The number of piperidine rings is 1. The van der Waals surface area contributed by atoms with Crippen LogP contribution >= 0.6 is 0 Å². The topological polar surface area (TPSA) is 71.1 Å². The molecule has 2 aromatic carbocycles. The maximum Gasteiger partial charge on any atom is 0.249 e. The first-order chi connectivity index (χ1) is 18.1. The fourth-order valence-corrected chi connectivity index (χ4v) is 6.03. The minimum atomic E-state index is -0.324. The molecule has 3 fully saturated rings. The van der Waals surface area contributed by atoms with E-state index >= 15 is 0 Å². The van der Waals surface area contributed by atoms with Gasteiger partial charge in [0.2, 0.25) is 11.8 Å². The van der Waals surface area contributed by atoms with Crippen molar-refractivity contribution in [3.8, 4) is 5.75 Å². The first kappa shape index (κ1) is 25.7. The zero-order valence-electron chi connectivity index (χ0n) is 21.9. The molecule has 0 unspecified atom stereocenters. The van der Waals surface area contributed by atoms with Gasteiger partial charge in [-0.25, -0.2) is 0 Å². The summed E-state index contributed by atoms with van der Waals surface area (Å²) in [6.07, 6.45) is 5.01. The molecule has 1 spiro atoms. The highest BCUT2D eigenvalue weighted by Gasteiger charge is 2.47.